The summed E-state index contributed by atoms with van der Waals surface area (Å²) in [6.07, 6.45) is 0. The molecule has 1 aliphatic rings. The monoisotopic (exact) mass is 372 g/mol. The van der Waals surface area contributed by atoms with E-state index in [-0.39, 0.29) is 11.9 Å². The van der Waals surface area contributed by atoms with Gasteiger partial charge in [-0.05, 0) is 20.8 Å². The van der Waals surface area contributed by atoms with Crippen LogP contribution in [0.4, 0.5) is 11.6 Å². The molecular weight excluding hydrogens is 344 g/mol. The van der Waals surface area contributed by atoms with Gasteiger partial charge in [0.1, 0.15) is 17.4 Å². The zero-order valence-electron chi connectivity index (χ0n) is 16.7. The van der Waals surface area contributed by atoms with Crippen LogP contribution in [0.3, 0.4) is 0 Å². The summed E-state index contributed by atoms with van der Waals surface area (Å²) in [5, 5.41) is 6.63. The van der Waals surface area contributed by atoms with Crippen molar-refractivity contribution in [3.8, 4) is 0 Å². The predicted molar refractivity (Wildman–Crippen MR) is 104 cm³/mol. The largest absolute Gasteiger partial charge is 0.360 e. The average Bonchev–Trinajstić information content (AvgIpc) is 3.05. The first-order valence-corrected chi connectivity index (χ1v) is 9.42. The molecule has 1 fully saturated rings. The van der Waals surface area contributed by atoms with Gasteiger partial charge in [0, 0.05) is 49.9 Å². The maximum atomic E-state index is 12.5. The van der Waals surface area contributed by atoms with E-state index in [1.165, 1.54) is 0 Å². The highest BCUT2D eigenvalue weighted by Gasteiger charge is 2.27. The molecule has 0 aliphatic carbocycles. The first-order valence-electron chi connectivity index (χ1n) is 9.42. The number of amides is 1. The Bertz CT molecular complexity index is 795. The lowest BCUT2D eigenvalue weighted by atomic mass is 10.2. The molecule has 27 heavy (non-hydrogen) atoms. The molecule has 2 aromatic heterocycles. The number of hydrogen-bond acceptors (Lipinski definition) is 7. The predicted octanol–water partition coefficient (Wildman–Crippen LogP) is 2.35. The highest BCUT2D eigenvalue weighted by Crippen LogP contribution is 2.19. The second-order valence-electron chi connectivity index (χ2n) is 7.39. The third kappa shape index (κ3) is 4.63. The lowest BCUT2D eigenvalue weighted by Gasteiger charge is -2.38. The number of aromatic nitrogens is 3. The van der Waals surface area contributed by atoms with E-state index < -0.39 is 0 Å². The molecule has 1 aliphatic heterocycles. The summed E-state index contributed by atoms with van der Waals surface area (Å²) in [5.41, 5.74) is 0.988. The van der Waals surface area contributed by atoms with Gasteiger partial charge in [-0.3, -0.25) is 9.69 Å². The second-order valence-corrected chi connectivity index (χ2v) is 7.39. The molecular formula is C19H28N6O2. The molecule has 0 spiro atoms. The molecule has 0 aromatic carbocycles. The van der Waals surface area contributed by atoms with Crippen LogP contribution in [0.1, 0.15) is 44.0 Å². The zero-order valence-corrected chi connectivity index (χ0v) is 16.7. The molecule has 2 aromatic rings. The van der Waals surface area contributed by atoms with E-state index in [0.29, 0.717) is 17.5 Å². The summed E-state index contributed by atoms with van der Waals surface area (Å²) in [4.78, 5) is 26.2. The molecule has 3 rings (SSSR count). The first-order chi connectivity index (χ1) is 12.8. The number of carbonyl (C=O) groups excluding carboxylic acids is 1. The quantitative estimate of drug-likeness (QED) is 0.862. The number of piperazine rings is 1. The molecule has 3 heterocycles. The van der Waals surface area contributed by atoms with Gasteiger partial charge < -0.3 is 14.7 Å². The van der Waals surface area contributed by atoms with Crippen LogP contribution in [-0.2, 0) is 4.79 Å². The summed E-state index contributed by atoms with van der Waals surface area (Å²) in [5.74, 6) is 3.21. The Morgan fingerprint density at radius 2 is 1.81 bits per heavy atom. The molecule has 0 bridgehead atoms. The lowest BCUT2D eigenvalue weighted by Crippen LogP contribution is -2.53. The van der Waals surface area contributed by atoms with Gasteiger partial charge in [0.25, 0.3) is 0 Å². The minimum absolute atomic E-state index is 0.0725. The van der Waals surface area contributed by atoms with Gasteiger partial charge in [-0.15, -0.1) is 0 Å². The Kier molecular flexibility index (Phi) is 5.74. The van der Waals surface area contributed by atoms with Gasteiger partial charge in [0.05, 0.1) is 6.04 Å². The Morgan fingerprint density at radius 3 is 2.41 bits per heavy atom. The van der Waals surface area contributed by atoms with Crippen molar-refractivity contribution in [2.75, 3.05) is 36.4 Å². The number of rotatable bonds is 5. The third-order valence-electron chi connectivity index (χ3n) is 4.82. The SMILES string of the molecule is Cc1cc(N2CCN(C(C)C(=O)Nc3cc(C)on3)CC2)nc(C(C)C)n1. The fourth-order valence-electron chi connectivity index (χ4n) is 3.15. The first kappa shape index (κ1) is 19.3. The van der Waals surface area contributed by atoms with Crippen LogP contribution in [0.25, 0.3) is 0 Å². The van der Waals surface area contributed by atoms with Gasteiger partial charge >= 0.3 is 0 Å². The average molecular weight is 372 g/mol. The molecule has 1 saturated heterocycles. The van der Waals surface area contributed by atoms with Crippen LogP contribution in [0.2, 0.25) is 0 Å². The molecule has 1 unspecified atom stereocenters. The standard InChI is InChI=1S/C19H28N6O2/c1-12(2)18-20-13(3)10-17(22-18)25-8-6-24(7-9-25)15(5)19(26)21-16-11-14(4)27-23-16/h10-12,15H,6-9H2,1-5H3,(H,21,23,26). The van der Waals surface area contributed by atoms with Crippen molar-refractivity contribution in [3.05, 3.63) is 29.4 Å². The van der Waals surface area contributed by atoms with E-state index >= 15 is 0 Å². The zero-order chi connectivity index (χ0) is 19.6. The molecule has 1 amide bonds. The van der Waals surface area contributed by atoms with E-state index in [4.69, 9.17) is 9.51 Å². The lowest BCUT2D eigenvalue weighted by molar-refractivity contribution is -0.120. The van der Waals surface area contributed by atoms with Crippen LogP contribution >= 0.6 is 0 Å². The number of nitrogens with zero attached hydrogens (tertiary/aromatic N) is 5. The van der Waals surface area contributed by atoms with E-state index in [1.807, 2.05) is 19.9 Å². The second kappa shape index (κ2) is 8.04. The normalized spacial score (nSPS) is 16.6. The number of aryl methyl sites for hydroxylation is 2. The Morgan fingerprint density at radius 1 is 1.11 bits per heavy atom. The van der Waals surface area contributed by atoms with Crippen molar-refractivity contribution in [2.24, 2.45) is 0 Å². The molecule has 146 valence electrons. The maximum absolute atomic E-state index is 12.5. The highest BCUT2D eigenvalue weighted by atomic mass is 16.5. The van der Waals surface area contributed by atoms with E-state index in [2.05, 4.69) is 39.1 Å². The van der Waals surface area contributed by atoms with Gasteiger partial charge in [0.2, 0.25) is 5.91 Å². The molecule has 8 nitrogen and oxygen atoms in total. The van der Waals surface area contributed by atoms with Crippen molar-refractivity contribution in [1.82, 2.24) is 20.0 Å². The van der Waals surface area contributed by atoms with Gasteiger partial charge in [-0.2, -0.15) is 0 Å². The van der Waals surface area contributed by atoms with E-state index in [0.717, 1.165) is 43.5 Å². The van der Waals surface area contributed by atoms with Crippen LogP contribution in [-0.4, -0.2) is 58.2 Å². The Labute approximate surface area is 159 Å². The minimum Gasteiger partial charge on any atom is -0.360 e. The topological polar surface area (TPSA) is 87.4 Å². The van der Waals surface area contributed by atoms with Crippen molar-refractivity contribution in [2.45, 2.75) is 46.6 Å². The van der Waals surface area contributed by atoms with Crippen LogP contribution in [0, 0.1) is 13.8 Å². The molecule has 8 heteroatoms. The van der Waals surface area contributed by atoms with Gasteiger partial charge in [-0.25, -0.2) is 9.97 Å². The number of nitrogens with one attached hydrogen (secondary N) is 1. The van der Waals surface area contributed by atoms with Crippen LogP contribution in [0.5, 0.6) is 0 Å². The third-order valence-corrected chi connectivity index (χ3v) is 4.82. The van der Waals surface area contributed by atoms with Crippen molar-refractivity contribution < 1.29 is 9.32 Å². The molecule has 0 saturated carbocycles. The summed E-state index contributed by atoms with van der Waals surface area (Å²) < 4.78 is 4.99. The van der Waals surface area contributed by atoms with Crippen molar-refractivity contribution in [1.29, 1.82) is 0 Å². The van der Waals surface area contributed by atoms with E-state index in [1.54, 1.807) is 13.0 Å². The number of carbonyl (C=O) groups is 1. The molecule has 0 radical (unpaired) electrons. The van der Waals surface area contributed by atoms with Crippen LogP contribution in [0.15, 0.2) is 16.7 Å². The molecule has 1 atom stereocenters. The number of anilines is 2. The summed E-state index contributed by atoms with van der Waals surface area (Å²) in [7, 11) is 0. The van der Waals surface area contributed by atoms with Crippen LogP contribution < -0.4 is 10.2 Å². The number of hydrogen-bond donors (Lipinski definition) is 1. The fourth-order valence-corrected chi connectivity index (χ4v) is 3.15. The van der Waals surface area contributed by atoms with Gasteiger partial charge in [0.15, 0.2) is 5.82 Å². The van der Waals surface area contributed by atoms with Crippen molar-refractivity contribution >= 4 is 17.5 Å². The summed E-state index contributed by atoms with van der Waals surface area (Å²) in [6.45, 7) is 13.2. The summed E-state index contributed by atoms with van der Waals surface area (Å²) >= 11 is 0. The smallest absolute Gasteiger partial charge is 0.242 e. The van der Waals surface area contributed by atoms with Crippen molar-refractivity contribution in [3.63, 3.8) is 0 Å². The minimum atomic E-state index is -0.234. The Balaban J connectivity index is 1.59. The fraction of sp³-hybridized carbons (Fsp3) is 0.579. The molecule has 1 N–H and O–H groups in total. The Hall–Kier alpha value is -2.48. The maximum Gasteiger partial charge on any atom is 0.242 e. The summed E-state index contributed by atoms with van der Waals surface area (Å²) in [6, 6.07) is 3.51. The highest BCUT2D eigenvalue weighted by molar-refractivity contribution is 5.93. The van der Waals surface area contributed by atoms with E-state index in [9.17, 15) is 4.79 Å². The van der Waals surface area contributed by atoms with Gasteiger partial charge in [-0.1, -0.05) is 19.0 Å².